The molecule has 0 fully saturated rings. The third-order valence-electron chi connectivity index (χ3n) is 2.74. The van der Waals surface area contributed by atoms with Crippen LogP contribution in [-0.4, -0.2) is 44.5 Å². The molecule has 0 aliphatic carbocycles. The number of amides is 1. The van der Waals surface area contributed by atoms with Gasteiger partial charge >= 0.3 is 0 Å². The lowest BCUT2D eigenvalue weighted by Crippen LogP contribution is -2.41. The highest BCUT2D eigenvalue weighted by molar-refractivity contribution is 5.85. The van der Waals surface area contributed by atoms with Crippen LogP contribution in [0.5, 0.6) is 0 Å². The summed E-state index contributed by atoms with van der Waals surface area (Å²) in [5.41, 5.74) is 1.04. The molecule has 1 amide bonds. The zero-order valence-corrected chi connectivity index (χ0v) is 14.8. The Balaban J connectivity index is 0. The monoisotopic (exact) mass is 335 g/mol. The predicted octanol–water partition coefficient (Wildman–Crippen LogP) is 2.65. The second-order valence-corrected chi connectivity index (χ2v) is 5.90. The summed E-state index contributed by atoms with van der Waals surface area (Å²) in [7, 11) is 4.08. The Morgan fingerprint density at radius 1 is 1.14 bits per heavy atom. The van der Waals surface area contributed by atoms with Crippen LogP contribution < -0.4 is 10.6 Å². The van der Waals surface area contributed by atoms with Gasteiger partial charge in [-0.2, -0.15) is 0 Å². The van der Waals surface area contributed by atoms with Gasteiger partial charge in [0.1, 0.15) is 0 Å². The van der Waals surface area contributed by atoms with E-state index in [1.807, 2.05) is 44.4 Å². The highest BCUT2D eigenvalue weighted by atomic mass is 35.5. The van der Waals surface area contributed by atoms with Crippen molar-refractivity contribution in [3.63, 3.8) is 0 Å². The van der Waals surface area contributed by atoms with Gasteiger partial charge in [0, 0.05) is 18.8 Å². The first-order valence-electron chi connectivity index (χ1n) is 6.59. The quantitative estimate of drug-likeness (QED) is 0.805. The van der Waals surface area contributed by atoms with Crippen LogP contribution in [0, 0.1) is 5.41 Å². The van der Waals surface area contributed by atoms with E-state index in [2.05, 4.69) is 29.4 Å². The summed E-state index contributed by atoms with van der Waals surface area (Å²) in [5, 5.41) is 6.07. The minimum atomic E-state index is 0. The lowest BCUT2D eigenvalue weighted by atomic mass is 9.93. The molecule has 1 rings (SSSR count). The molecule has 0 atom stereocenters. The molecule has 0 bridgehead atoms. The first kappa shape index (κ1) is 22.3. The predicted molar refractivity (Wildman–Crippen MR) is 94.8 cm³/mol. The molecule has 0 unspecified atom stereocenters. The summed E-state index contributed by atoms with van der Waals surface area (Å²) in [4.78, 5) is 13.9. The normalized spacial score (nSPS) is 10.3. The molecule has 6 heteroatoms. The van der Waals surface area contributed by atoms with Gasteiger partial charge in [-0.3, -0.25) is 4.79 Å². The van der Waals surface area contributed by atoms with E-state index in [9.17, 15) is 4.79 Å². The Kier molecular flexibility index (Phi) is 11.4. The highest BCUT2D eigenvalue weighted by Crippen LogP contribution is 2.13. The number of anilines is 1. The maximum absolute atomic E-state index is 11.8. The average Bonchev–Trinajstić information content (AvgIpc) is 2.34. The number of halogens is 2. The Hall–Kier alpha value is -0.970. The number of carbonyl (C=O) groups excluding carboxylic acids is 1. The van der Waals surface area contributed by atoms with Crippen molar-refractivity contribution in [2.24, 2.45) is 5.41 Å². The largest absolute Gasteiger partial charge is 0.376 e. The first-order chi connectivity index (χ1) is 8.89. The summed E-state index contributed by atoms with van der Waals surface area (Å²) in [6, 6.07) is 9.74. The molecule has 0 aliphatic heterocycles. The number of nitrogens with one attached hydrogen (secondary N) is 2. The van der Waals surface area contributed by atoms with Crippen LogP contribution in [0.25, 0.3) is 0 Å². The van der Waals surface area contributed by atoms with Crippen LogP contribution in [0.1, 0.15) is 13.8 Å². The Morgan fingerprint density at radius 2 is 1.71 bits per heavy atom. The zero-order valence-electron chi connectivity index (χ0n) is 13.2. The number of hydrogen-bond acceptors (Lipinski definition) is 3. The number of carbonyl (C=O) groups is 1. The molecule has 0 heterocycles. The Morgan fingerprint density at radius 3 is 2.24 bits per heavy atom. The van der Waals surface area contributed by atoms with Crippen LogP contribution in [0.3, 0.4) is 0 Å². The van der Waals surface area contributed by atoms with Crippen molar-refractivity contribution in [3.05, 3.63) is 30.3 Å². The third-order valence-corrected chi connectivity index (χ3v) is 2.74. The fourth-order valence-electron chi connectivity index (χ4n) is 2.05. The molecule has 4 nitrogen and oxygen atoms in total. The number of para-hydroxylation sites is 1. The summed E-state index contributed by atoms with van der Waals surface area (Å²) >= 11 is 0. The number of rotatable bonds is 7. The first-order valence-corrected chi connectivity index (χ1v) is 6.59. The molecule has 2 N–H and O–H groups in total. The van der Waals surface area contributed by atoms with E-state index in [-0.39, 0.29) is 36.1 Å². The van der Waals surface area contributed by atoms with Gasteiger partial charge in [-0.1, -0.05) is 32.0 Å². The molecule has 1 aromatic carbocycles. The summed E-state index contributed by atoms with van der Waals surface area (Å²) < 4.78 is 0. The topological polar surface area (TPSA) is 44.4 Å². The SMILES string of the molecule is CN(C)CC(C)(C)CNC(=O)CNc1ccccc1.Cl.Cl. The second kappa shape index (κ2) is 10.7. The Bertz CT molecular complexity index is 397. The highest BCUT2D eigenvalue weighted by Gasteiger charge is 2.19. The van der Waals surface area contributed by atoms with Crippen molar-refractivity contribution >= 4 is 36.4 Å². The number of benzene rings is 1. The fraction of sp³-hybridized carbons (Fsp3) is 0.533. The minimum Gasteiger partial charge on any atom is -0.376 e. The van der Waals surface area contributed by atoms with Gasteiger partial charge in [0.15, 0.2) is 0 Å². The van der Waals surface area contributed by atoms with Gasteiger partial charge in [-0.25, -0.2) is 0 Å². The molecule has 0 aromatic heterocycles. The van der Waals surface area contributed by atoms with Gasteiger partial charge in [-0.05, 0) is 31.6 Å². The summed E-state index contributed by atoms with van der Waals surface area (Å²) in [5.74, 6) is 0.0238. The van der Waals surface area contributed by atoms with Gasteiger partial charge in [0.25, 0.3) is 0 Å². The van der Waals surface area contributed by atoms with Crippen LogP contribution in [0.2, 0.25) is 0 Å². The fourth-order valence-corrected chi connectivity index (χ4v) is 2.05. The molecular formula is C15H27Cl2N3O. The summed E-state index contributed by atoms with van der Waals surface area (Å²) in [6.07, 6.45) is 0. The lowest BCUT2D eigenvalue weighted by molar-refractivity contribution is -0.119. The molecule has 21 heavy (non-hydrogen) atoms. The van der Waals surface area contributed by atoms with Crippen LogP contribution in [0.15, 0.2) is 30.3 Å². The smallest absolute Gasteiger partial charge is 0.239 e. The second-order valence-electron chi connectivity index (χ2n) is 5.90. The van der Waals surface area contributed by atoms with Crippen molar-refractivity contribution in [1.82, 2.24) is 10.2 Å². The molecule has 122 valence electrons. The molecule has 0 radical (unpaired) electrons. The van der Waals surface area contributed by atoms with Crippen molar-refractivity contribution in [2.75, 3.05) is 39.0 Å². The van der Waals surface area contributed by atoms with E-state index in [1.54, 1.807) is 0 Å². The third kappa shape index (κ3) is 10.4. The van der Waals surface area contributed by atoms with Gasteiger partial charge < -0.3 is 15.5 Å². The van der Waals surface area contributed by atoms with Crippen molar-refractivity contribution in [2.45, 2.75) is 13.8 Å². The van der Waals surface area contributed by atoms with Gasteiger partial charge in [0.2, 0.25) is 5.91 Å². The van der Waals surface area contributed by atoms with Crippen LogP contribution in [-0.2, 0) is 4.79 Å². The van der Waals surface area contributed by atoms with Crippen molar-refractivity contribution < 1.29 is 4.79 Å². The maximum Gasteiger partial charge on any atom is 0.239 e. The molecule has 0 aliphatic rings. The van der Waals surface area contributed by atoms with E-state index in [1.165, 1.54) is 0 Å². The van der Waals surface area contributed by atoms with Crippen molar-refractivity contribution in [3.8, 4) is 0 Å². The van der Waals surface area contributed by atoms with E-state index < -0.39 is 0 Å². The standard InChI is InChI=1S/C15H25N3O.2ClH/c1-15(2,12-18(3)4)11-17-14(19)10-16-13-8-6-5-7-9-13;;/h5-9,16H,10-12H2,1-4H3,(H,17,19);2*1H. The number of hydrogen-bond donors (Lipinski definition) is 2. The number of nitrogens with zero attached hydrogens (tertiary/aromatic N) is 1. The van der Waals surface area contributed by atoms with Crippen LogP contribution >= 0.6 is 24.8 Å². The summed E-state index contributed by atoms with van der Waals surface area (Å²) in [6.45, 7) is 6.23. The van der Waals surface area contributed by atoms with E-state index >= 15 is 0 Å². The molecular weight excluding hydrogens is 309 g/mol. The van der Waals surface area contributed by atoms with Gasteiger partial charge in [-0.15, -0.1) is 24.8 Å². The molecule has 0 saturated carbocycles. The van der Waals surface area contributed by atoms with E-state index in [0.717, 1.165) is 12.2 Å². The van der Waals surface area contributed by atoms with Crippen molar-refractivity contribution in [1.29, 1.82) is 0 Å². The van der Waals surface area contributed by atoms with E-state index in [0.29, 0.717) is 13.1 Å². The Labute approximate surface area is 140 Å². The average molecular weight is 336 g/mol. The minimum absolute atomic E-state index is 0. The van der Waals surface area contributed by atoms with Gasteiger partial charge in [0.05, 0.1) is 6.54 Å². The lowest BCUT2D eigenvalue weighted by Gasteiger charge is -2.28. The molecule has 1 aromatic rings. The molecule has 0 spiro atoms. The molecule has 0 saturated heterocycles. The maximum atomic E-state index is 11.8. The zero-order chi connectivity index (χ0) is 14.3. The van der Waals surface area contributed by atoms with Crippen LogP contribution in [0.4, 0.5) is 5.69 Å². The van der Waals surface area contributed by atoms with E-state index in [4.69, 9.17) is 0 Å².